The van der Waals surface area contributed by atoms with E-state index in [0.717, 1.165) is 0 Å². The average Bonchev–Trinajstić information content (AvgIpc) is 3.33. The van der Waals surface area contributed by atoms with Crippen LogP contribution >= 0.6 is 35.6 Å². The molecule has 31 heavy (non-hydrogen) atoms. The van der Waals surface area contributed by atoms with Crippen LogP contribution in [0.4, 0.5) is 22.0 Å². The number of hydrogen-bond acceptors (Lipinski definition) is 5. The molecule has 0 saturated heterocycles. The number of nitrogens with one attached hydrogen (secondary N) is 1. The number of rotatable bonds is 9. The molecule has 2 heterocycles. The summed E-state index contributed by atoms with van der Waals surface area (Å²) in [7, 11) is -3.07. The Balaban J connectivity index is 2.03. The minimum absolute atomic E-state index is 0.0558. The third-order valence-electron chi connectivity index (χ3n) is 4.13. The lowest BCUT2D eigenvalue weighted by Gasteiger charge is -2.20. The highest BCUT2D eigenvalue weighted by Gasteiger charge is 2.46. The molecule has 1 atom stereocenters. The van der Waals surface area contributed by atoms with Gasteiger partial charge in [-0.3, -0.25) is 5.10 Å². The standard InChI is InChI=1S/C18H17BrF5N2O3PS/c1-2-29-30(27)18(23,24)16-14(19)11-8-10(12-4-6-25-26-12)9-13(15(11)31-16)28-7-3-5-17(20,21)22/h4,6,8-9,27H,2-3,5,7H2,1H3,(H,25,26). The number of ether oxygens (including phenoxy) is 1. The molecule has 13 heteroatoms. The molecule has 3 aromatic rings. The zero-order valence-corrected chi connectivity index (χ0v) is 19.3. The average molecular weight is 547 g/mol. The summed E-state index contributed by atoms with van der Waals surface area (Å²) in [6, 6.07) is 4.84. The molecule has 0 aliphatic heterocycles. The van der Waals surface area contributed by atoms with Gasteiger partial charge in [-0.1, -0.05) is 0 Å². The Bertz CT molecular complexity index is 1030. The van der Waals surface area contributed by atoms with Gasteiger partial charge in [-0.15, -0.1) is 11.3 Å². The fraction of sp³-hybridized carbons (Fsp3) is 0.389. The van der Waals surface area contributed by atoms with Crippen molar-refractivity contribution in [2.24, 2.45) is 0 Å². The monoisotopic (exact) mass is 546 g/mol. The van der Waals surface area contributed by atoms with Crippen LogP contribution in [0.25, 0.3) is 21.3 Å². The van der Waals surface area contributed by atoms with Crippen LogP contribution in [-0.2, 0) is 10.2 Å². The van der Waals surface area contributed by atoms with E-state index in [0.29, 0.717) is 32.7 Å². The molecule has 0 spiro atoms. The maximum absolute atomic E-state index is 14.8. The van der Waals surface area contributed by atoms with Crippen LogP contribution in [-0.4, -0.2) is 34.5 Å². The zero-order chi connectivity index (χ0) is 22.8. The van der Waals surface area contributed by atoms with Crippen molar-refractivity contribution < 1.29 is 36.1 Å². The van der Waals surface area contributed by atoms with Crippen LogP contribution in [0.5, 0.6) is 5.75 Å². The predicted octanol–water partition coefficient (Wildman–Crippen LogP) is 7.17. The number of alkyl halides is 5. The lowest BCUT2D eigenvalue weighted by Crippen LogP contribution is -2.11. The normalized spacial score (nSPS) is 13.7. The number of H-pyrrole nitrogens is 1. The minimum atomic E-state index is -4.31. The van der Waals surface area contributed by atoms with Crippen molar-refractivity contribution >= 4 is 45.7 Å². The summed E-state index contributed by atoms with van der Waals surface area (Å²) in [5.74, 6) is 0.163. The Labute approximate surface area is 187 Å². The van der Waals surface area contributed by atoms with Crippen molar-refractivity contribution in [2.75, 3.05) is 13.2 Å². The summed E-state index contributed by atoms with van der Waals surface area (Å²) in [5, 5.41) is 6.98. The van der Waals surface area contributed by atoms with E-state index in [1.54, 1.807) is 18.2 Å². The maximum atomic E-state index is 14.8. The lowest BCUT2D eigenvalue weighted by atomic mass is 10.1. The van der Waals surface area contributed by atoms with Crippen LogP contribution < -0.4 is 4.74 Å². The molecule has 1 aromatic carbocycles. The van der Waals surface area contributed by atoms with Gasteiger partial charge >= 0.3 is 11.8 Å². The molecule has 170 valence electrons. The number of aromatic amines is 1. The van der Waals surface area contributed by atoms with Gasteiger partial charge in [0.2, 0.25) is 8.38 Å². The molecule has 0 fully saturated rings. The fourth-order valence-corrected chi connectivity index (χ4v) is 5.93. The summed E-state index contributed by atoms with van der Waals surface area (Å²) in [4.78, 5) is 9.38. The van der Waals surface area contributed by atoms with Gasteiger partial charge in [0.05, 0.1) is 28.5 Å². The molecule has 0 aliphatic carbocycles. The van der Waals surface area contributed by atoms with Crippen LogP contribution in [0.2, 0.25) is 0 Å². The smallest absolute Gasteiger partial charge is 0.389 e. The quantitative estimate of drug-likeness (QED) is 0.170. The highest BCUT2D eigenvalue weighted by Crippen LogP contribution is 2.61. The van der Waals surface area contributed by atoms with Crippen molar-refractivity contribution in [2.45, 2.75) is 31.6 Å². The van der Waals surface area contributed by atoms with E-state index in [1.807, 2.05) is 0 Å². The number of hydrogen-bond donors (Lipinski definition) is 2. The Hall–Kier alpha value is -1.33. The van der Waals surface area contributed by atoms with Gasteiger partial charge in [-0.2, -0.15) is 27.1 Å². The number of aromatic nitrogens is 2. The van der Waals surface area contributed by atoms with E-state index in [9.17, 15) is 26.8 Å². The molecule has 3 rings (SSSR count). The van der Waals surface area contributed by atoms with Crippen LogP contribution in [0.15, 0.2) is 28.9 Å². The van der Waals surface area contributed by atoms with Crippen LogP contribution in [0.3, 0.4) is 0 Å². The first-order valence-electron chi connectivity index (χ1n) is 9.00. The van der Waals surface area contributed by atoms with E-state index in [4.69, 9.17) is 9.26 Å². The number of benzene rings is 1. The molecule has 2 aromatic heterocycles. The topological polar surface area (TPSA) is 67.4 Å². The largest absolute Gasteiger partial charge is 0.492 e. The van der Waals surface area contributed by atoms with Gasteiger partial charge in [0.15, 0.2) is 0 Å². The zero-order valence-electron chi connectivity index (χ0n) is 16.0. The first kappa shape index (κ1) is 24.3. The summed E-state index contributed by atoms with van der Waals surface area (Å²) >= 11 is 3.88. The van der Waals surface area contributed by atoms with Crippen LogP contribution in [0.1, 0.15) is 24.6 Å². The molecule has 2 N–H and O–H groups in total. The molecule has 1 unspecified atom stereocenters. The first-order chi connectivity index (χ1) is 14.5. The summed E-state index contributed by atoms with van der Waals surface area (Å²) in [6.07, 6.45) is -4.10. The molecular formula is C18H17BrF5N2O3PS. The van der Waals surface area contributed by atoms with Gasteiger partial charge in [-0.25, -0.2) is 0 Å². The van der Waals surface area contributed by atoms with Crippen molar-refractivity contribution in [3.8, 4) is 17.0 Å². The summed E-state index contributed by atoms with van der Waals surface area (Å²) in [5.41, 5.74) is -2.53. The molecule has 5 nitrogen and oxygen atoms in total. The highest BCUT2D eigenvalue weighted by atomic mass is 79.9. The molecule has 0 aliphatic rings. The fourth-order valence-electron chi connectivity index (χ4n) is 2.76. The first-order valence-corrected chi connectivity index (χ1v) is 11.8. The van der Waals surface area contributed by atoms with Gasteiger partial charge in [0.25, 0.3) is 0 Å². The molecular weight excluding hydrogens is 530 g/mol. The predicted molar refractivity (Wildman–Crippen MR) is 113 cm³/mol. The van der Waals surface area contributed by atoms with Crippen molar-refractivity contribution in [3.63, 3.8) is 0 Å². The Morgan fingerprint density at radius 3 is 2.61 bits per heavy atom. The highest BCUT2D eigenvalue weighted by molar-refractivity contribution is 9.10. The Morgan fingerprint density at radius 1 is 1.26 bits per heavy atom. The molecule has 0 radical (unpaired) electrons. The van der Waals surface area contributed by atoms with Crippen molar-refractivity contribution in [1.82, 2.24) is 10.2 Å². The van der Waals surface area contributed by atoms with E-state index in [1.165, 1.54) is 13.1 Å². The van der Waals surface area contributed by atoms with E-state index in [2.05, 4.69) is 26.1 Å². The SMILES string of the molecule is CCOP(O)C(F)(F)c1sc2c(OCCCC(F)(F)F)cc(-c3ccn[nH]3)cc2c1Br. The summed E-state index contributed by atoms with van der Waals surface area (Å²) < 4.78 is 77.6. The van der Waals surface area contributed by atoms with Gasteiger partial charge in [-0.05, 0) is 47.5 Å². The van der Waals surface area contributed by atoms with Crippen LogP contribution in [0, 0.1) is 0 Å². The second kappa shape index (κ2) is 9.66. The number of fused-ring (bicyclic) bond motifs is 1. The van der Waals surface area contributed by atoms with Crippen molar-refractivity contribution in [3.05, 3.63) is 33.7 Å². The summed E-state index contributed by atoms with van der Waals surface area (Å²) in [6.45, 7) is 1.16. The molecule has 0 amide bonds. The maximum Gasteiger partial charge on any atom is 0.389 e. The van der Waals surface area contributed by atoms with E-state index in [-0.39, 0.29) is 29.9 Å². The van der Waals surface area contributed by atoms with Crippen molar-refractivity contribution in [1.29, 1.82) is 0 Å². The Morgan fingerprint density at radius 2 is 2.00 bits per heavy atom. The minimum Gasteiger partial charge on any atom is -0.492 e. The Kier molecular flexibility index (Phi) is 7.58. The molecule has 0 saturated carbocycles. The van der Waals surface area contributed by atoms with E-state index >= 15 is 0 Å². The number of halogens is 6. The third-order valence-corrected chi connectivity index (χ3v) is 7.87. The van der Waals surface area contributed by atoms with Gasteiger partial charge in [0, 0.05) is 28.0 Å². The molecule has 0 bridgehead atoms. The lowest BCUT2D eigenvalue weighted by molar-refractivity contribution is -0.136. The third kappa shape index (κ3) is 5.54. The second-order valence-corrected chi connectivity index (χ2v) is 9.55. The number of thiophene rings is 1. The second-order valence-electron chi connectivity index (χ2n) is 6.37. The van der Waals surface area contributed by atoms with E-state index < -0.39 is 31.5 Å². The number of nitrogens with zero attached hydrogens (tertiary/aromatic N) is 1. The van der Waals surface area contributed by atoms with Gasteiger partial charge < -0.3 is 14.2 Å². The van der Waals surface area contributed by atoms with Gasteiger partial charge in [0.1, 0.15) is 5.75 Å².